The van der Waals surface area contributed by atoms with Crippen LogP contribution in [0.4, 0.5) is 8.78 Å². The predicted octanol–water partition coefficient (Wildman–Crippen LogP) is 3.19. The number of nitrogens with zero attached hydrogens (tertiary/aromatic N) is 2. The molecule has 2 fully saturated rings. The number of benzene rings is 2. The Hall–Kier alpha value is -4.22. The summed E-state index contributed by atoms with van der Waals surface area (Å²) in [5.74, 6) is -2.14. The second kappa shape index (κ2) is 24.6. The molecule has 6 atom stereocenters. The molecule has 2 aromatic carbocycles. The first-order valence-electron chi connectivity index (χ1n) is 20.1. The quantitative estimate of drug-likeness (QED) is 0.0592. The predicted molar refractivity (Wildman–Crippen MR) is 218 cm³/mol. The Morgan fingerprint density at radius 1 is 0.690 bits per heavy atom. The van der Waals surface area contributed by atoms with Crippen molar-refractivity contribution in [3.8, 4) is 0 Å². The van der Waals surface area contributed by atoms with Crippen molar-refractivity contribution in [3.05, 3.63) is 71.3 Å². The molecule has 0 saturated carbocycles. The van der Waals surface area contributed by atoms with Gasteiger partial charge in [-0.3, -0.25) is 34.1 Å². The number of carbonyl (C=O) groups excluding carboxylic acids is 5. The number of rotatable bonds is 22. The molecule has 2 heterocycles. The summed E-state index contributed by atoms with van der Waals surface area (Å²) in [4.78, 5) is 76.0. The fraction of sp³-hybridized carbons (Fsp3) is 0.585. The second-order valence-electron chi connectivity index (χ2n) is 14.9. The van der Waals surface area contributed by atoms with Crippen LogP contribution in [0, 0.1) is 11.6 Å². The van der Waals surface area contributed by atoms with Crippen molar-refractivity contribution in [2.24, 2.45) is 0 Å². The van der Waals surface area contributed by atoms with Crippen molar-refractivity contribution >= 4 is 41.9 Å². The molecule has 2 aliphatic rings. The highest BCUT2D eigenvalue weighted by atomic mass is 35.5. The van der Waals surface area contributed by atoms with Gasteiger partial charge in [0.25, 0.3) is 0 Å². The molecule has 322 valence electrons. The summed E-state index contributed by atoms with van der Waals surface area (Å²) >= 11 is 0. The second-order valence-corrected chi connectivity index (χ2v) is 14.9. The van der Waals surface area contributed by atoms with Gasteiger partial charge in [0.1, 0.15) is 42.0 Å². The Morgan fingerprint density at radius 2 is 1.14 bits per heavy atom. The van der Waals surface area contributed by atoms with E-state index in [1.54, 1.807) is 62.0 Å². The molecule has 58 heavy (non-hydrogen) atoms. The van der Waals surface area contributed by atoms with E-state index in [0.717, 1.165) is 24.0 Å². The number of likely N-dealkylation sites (N-methyl/N-ethyl adjacent to an activating group) is 1. The van der Waals surface area contributed by atoms with Gasteiger partial charge in [-0.2, -0.15) is 5.48 Å². The molecule has 5 amide bonds. The van der Waals surface area contributed by atoms with Gasteiger partial charge in [-0.05, 0) is 102 Å². The highest BCUT2D eigenvalue weighted by Crippen LogP contribution is 2.23. The first-order valence-corrected chi connectivity index (χ1v) is 20.1. The van der Waals surface area contributed by atoms with Gasteiger partial charge in [-0.15, -0.1) is 12.4 Å². The topological polar surface area (TPSA) is 173 Å². The largest absolute Gasteiger partial charge is 0.350 e. The van der Waals surface area contributed by atoms with Gasteiger partial charge < -0.3 is 31.1 Å². The molecule has 2 aromatic rings. The maximum Gasteiger partial charge on any atom is 0.245 e. The van der Waals surface area contributed by atoms with Crippen molar-refractivity contribution in [1.82, 2.24) is 41.9 Å². The maximum atomic E-state index is 13.9. The van der Waals surface area contributed by atoms with E-state index < -0.39 is 30.2 Å². The summed E-state index contributed by atoms with van der Waals surface area (Å²) in [6, 6.07) is 8.37. The van der Waals surface area contributed by atoms with Gasteiger partial charge in [0.05, 0.1) is 6.04 Å². The Kier molecular flexibility index (Phi) is 20.5. The van der Waals surface area contributed by atoms with Gasteiger partial charge in [0.2, 0.25) is 29.5 Å². The van der Waals surface area contributed by atoms with E-state index in [2.05, 4.69) is 32.1 Å². The van der Waals surface area contributed by atoms with E-state index in [0.29, 0.717) is 64.5 Å². The van der Waals surface area contributed by atoms with Gasteiger partial charge >= 0.3 is 0 Å². The summed E-state index contributed by atoms with van der Waals surface area (Å²) < 4.78 is 26.7. The zero-order valence-electron chi connectivity index (χ0n) is 34.0. The van der Waals surface area contributed by atoms with Crippen molar-refractivity contribution in [2.45, 2.75) is 128 Å². The van der Waals surface area contributed by atoms with E-state index in [9.17, 15) is 32.8 Å². The highest BCUT2D eigenvalue weighted by molar-refractivity contribution is 5.93. The summed E-state index contributed by atoms with van der Waals surface area (Å²) in [7, 11) is 3.40. The number of amides is 5. The number of hydrogen-bond donors (Lipinski definition) is 6. The van der Waals surface area contributed by atoms with Gasteiger partial charge in [0.15, 0.2) is 0 Å². The molecule has 0 aromatic heterocycles. The van der Waals surface area contributed by atoms with E-state index in [1.807, 2.05) is 0 Å². The highest BCUT2D eigenvalue weighted by Gasteiger charge is 2.39. The molecule has 0 radical (unpaired) electrons. The van der Waals surface area contributed by atoms with Crippen LogP contribution in [0.1, 0.15) is 89.2 Å². The third-order valence-electron chi connectivity index (χ3n) is 10.7. The molecule has 2 aliphatic heterocycles. The van der Waals surface area contributed by atoms with E-state index >= 15 is 0 Å². The number of hydroxylamine groups is 1. The van der Waals surface area contributed by atoms with E-state index in [1.165, 1.54) is 24.3 Å². The normalized spacial score (nSPS) is 18.4. The maximum absolute atomic E-state index is 13.9. The van der Waals surface area contributed by atoms with Crippen LogP contribution >= 0.6 is 12.4 Å². The lowest BCUT2D eigenvalue weighted by molar-refractivity contribution is -0.145. The molecule has 17 heteroatoms. The van der Waals surface area contributed by atoms with Crippen LogP contribution < -0.4 is 32.1 Å². The Balaban J connectivity index is 0.00000900. The summed E-state index contributed by atoms with van der Waals surface area (Å²) in [5, 5.41) is 14.5. The monoisotopic (exact) mass is 834 g/mol. The van der Waals surface area contributed by atoms with Crippen LogP contribution in [0.3, 0.4) is 0 Å². The lowest BCUT2D eigenvalue weighted by Gasteiger charge is -2.29. The Labute approximate surface area is 346 Å². The number of carbonyl (C=O) groups is 5. The minimum Gasteiger partial charge on any atom is -0.350 e. The first kappa shape index (κ1) is 48.2. The number of hydrogen-bond acceptors (Lipinski definition) is 9. The van der Waals surface area contributed by atoms with Crippen molar-refractivity contribution in [3.63, 3.8) is 0 Å². The standard InChI is InChI=1S/C41H60F2N8O6.ClH/c1-27(44-3)37(52)48-33(40(55)50-23-9-13-35(50)38(53)46-25-29-15-19-31(42)20-16-29)11-7-5-6-8-12-34(49-57-28(2)45-4)41(56)51-24-10-14-36(51)39(54)47-26-30-17-21-32(43)22-18-30;/h15-22,27-28,33-36,44-45,49H,5-14,23-26H2,1-4H3,(H,46,53)(H,47,54)(H,48,52);1H/t27-,28+,33+,34-,35-,36-;/m0./s1. The summed E-state index contributed by atoms with van der Waals surface area (Å²) in [6.45, 7) is 4.76. The molecule has 4 rings (SSSR count). The number of nitrogens with one attached hydrogen (secondary N) is 6. The number of halogens is 3. The minimum atomic E-state index is -0.826. The first-order chi connectivity index (χ1) is 27.4. The third kappa shape index (κ3) is 14.6. The van der Waals surface area contributed by atoms with Crippen LogP contribution in [0.15, 0.2) is 48.5 Å². The molecule has 0 spiro atoms. The van der Waals surface area contributed by atoms with E-state index in [4.69, 9.17) is 4.84 Å². The van der Waals surface area contributed by atoms with Gasteiger partial charge in [-0.25, -0.2) is 8.78 Å². The lowest BCUT2D eigenvalue weighted by atomic mass is 10.0. The van der Waals surface area contributed by atoms with Crippen LogP contribution in [0.25, 0.3) is 0 Å². The molecular formula is C41H61ClF2N8O6. The molecule has 0 aliphatic carbocycles. The Bertz CT molecular complexity index is 1620. The van der Waals surface area contributed by atoms with Crippen molar-refractivity contribution in [2.75, 3.05) is 27.2 Å². The molecule has 0 bridgehead atoms. The van der Waals surface area contributed by atoms with E-state index in [-0.39, 0.29) is 72.9 Å². The lowest BCUT2D eigenvalue weighted by Crippen LogP contribution is -2.55. The molecule has 14 nitrogen and oxygen atoms in total. The zero-order valence-corrected chi connectivity index (χ0v) is 34.8. The Morgan fingerprint density at radius 3 is 1.59 bits per heavy atom. The van der Waals surface area contributed by atoms with Crippen LogP contribution in [-0.4, -0.2) is 103 Å². The fourth-order valence-electron chi connectivity index (χ4n) is 7.04. The van der Waals surface area contributed by atoms with Crippen LogP contribution in [0.5, 0.6) is 0 Å². The third-order valence-corrected chi connectivity index (χ3v) is 10.7. The average molecular weight is 835 g/mol. The molecular weight excluding hydrogens is 774 g/mol. The number of likely N-dealkylation sites (tertiary alicyclic amines) is 2. The average Bonchev–Trinajstić information content (AvgIpc) is 3.92. The van der Waals surface area contributed by atoms with Crippen LogP contribution in [-0.2, 0) is 41.9 Å². The SMILES string of the molecule is CN[C@@H](C)ON[C@@H](CCCCCC[C@@H](NC(=O)[C@H](C)NC)C(=O)N1CCC[C@H]1C(=O)NCc1ccc(F)cc1)C(=O)N1CCC[C@H]1C(=O)NCc1ccc(F)cc1.Cl. The van der Waals surface area contributed by atoms with Gasteiger partial charge in [0, 0.05) is 26.2 Å². The smallest absolute Gasteiger partial charge is 0.245 e. The van der Waals surface area contributed by atoms with Gasteiger partial charge in [-0.1, -0.05) is 49.9 Å². The fourth-order valence-corrected chi connectivity index (χ4v) is 7.04. The minimum absolute atomic E-state index is 0. The molecule has 0 unspecified atom stereocenters. The van der Waals surface area contributed by atoms with Crippen LogP contribution in [0.2, 0.25) is 0 Å². The zero-order chi connectivity index (χ0) is 41.3. The summed E-state index contributed by atoms with van der Waals surface area (Å²) in [6.07, 6.45) is 5.51. The van der Waals surface area contributed by atoms with Crippen molar-refractivity contribution < 1.29 is 37.6 Å². The summed E-state index contributed by atoms with van der Waals surface area (Å²) in [5.41, 5.74) is 4.41. The molecule has 6 N–H and O–H groups in total. The number of unbranched alkanes of at least 4 members (excludes halogenated alkanes) is 3. The molecule has 2 saturated heterocycles. The van der Waals surface area contributed by atoms with Crippen molar-refractivity contribution in [1.29, 1.82) is 0 Å².